The van der Waals surface area contributed by atoms with E-state index >= 15 is 0 Å². The van der Waals surface area contributed by atoms with Crippen molar-refractivity contribution in [3.05, 3.63) is 77.1 Å². The molecule has 11 heteroatoms. The minimum Gasteiger partial charge on any atom is -0.465 e. The van der Waals surface area contributed by atoms with Crippen LogP contribution < -0.4 is 10.0 Å². The Bertz CT molecular complexity index is 1530. The summed E-state index contributed by atoms with van der Waals surface area (Å²) in [5, 5.41) is 3.88. The predicted octanol–water partition coefficient (Wildman–Crippen LogP) is 4.29. The standard InChI is InChI=1S/C23H19ClN4O5S/c1-33-23(30)15-4-6-18(24)17(9-15)13-7-8-25-21(11-13)27-22(29)20-10-14-3-5-16(12-19(14)26-20)28-34(2,31)32/h3-12,26,28H,1-2H3,(H,25,27,29). The lowest BCUT2D eigenvalue weighted by molar-refractivity contribution is 0.0600. The molecular formula is C23H19ClN4O5S. The van der Waals surface area contributed by atoms with Gasteiger partial charge in [-0.25, -0.2) is 18.2 Å². The number of amides is 1. The maximum absolute atomic E-state index is 12.8. The van der Waals surface area contributed by atoms with Crippen LogP contribution in [0.25, 0.3) is 22.0 Å². The number of halogens is 1. The number of hydrogen-bond donors (Lipinski definition) is 3. The van der Waals surface area contributed by atoms with Crippen molar-refractivity contribution in [2.45, 2.75) is 0 Å². The number of benzene rings is 2. The Labute approximate surface area is 200 Å². The minimum absolute atomic E-state index is 0.268. The number of aromatic amines is 1. The monoisotopic (exact) mass is 498 g/mol. The van der Waals surface area contributed by atoms with Gasteiger partial charge in [-0.15, -0.1) is 0 Å². The van der Waals surface area contributed by atoms with Gasteiger partial charge in [-0.2, -0.15) is 0 Å². The molecule has 34 heavy (non-hydrogen) atoms. The number of methoxy groups -OCH3 is 1. The number of aromatic nitrogens is 2. The van der Waals surface area contributed by atoms with Crippen LogP contribution in [-0.4, -0.2) is 43.6 Å². The maximum Gasteiger partial charge on any atom is 0.337 e. The Morgan fingerprint density at radius 1 is 1.06 bits per heavy atom. The molecule has 174 valence electrons. The molecule has 0 radical (unpaired) electrons. The summed E-state index contributed by atoms with van der Waals surface area (Å²) in [4.78, 5) is 31.8. The van der Waals surface area contributed by atoms with Crippen molar-refractivity contribution in [3.63, 3.8) is 0 Å². The first kappa shape index (κ1) is 23.3. The fourth-order valence-electron chi connectivity index (χ4n) is 3.37. The molecule has 9 nitrogen and oxygen atoms in total. The summed E-state index contributed by atoms with van der Waals surface area (Å²) >= 11 is 6.32. The number of sulfonamides is 1. The Hall–Kier alpha value is -3.89. The average molecular weight is 499 g/mol. The smallest absolute Gasteiger partial charge is 0.337 e. The molecule has 0 saturated heterocycles. The van der Waals surface area contributed by atoms with Crippen LogP contribution in [0.15, 0.2) is 60.8 Å². The fourth-order valence-corrected chi connectivity index (χ4v) is 4.15. The molecule has 0 aliphatic heterocycles. The van der Waals surface area contributed by atoms with Gasteiger partial charge < -0.3 is 15.0 Å². The number of carbonyl (C=O) groups is 2. The van der Waals surface area contributed by atoms with E-state index in [1.54, 1.807) is 54.6 Å². The van der Waals surface area contributed by atoms with Gasteiger partial charge in [0.15, 0.2) is 0 Å². The molecule has 1 amide bonds. The molecule has 0 fully saturated rings. The van der Waals surface area contributed by atoms with Crippen molar-refractivity contribution < 1.29 is 22.7 Å². The number of carbonyl (C=O) groups excluding carboxylic acids is 2. The lowest BCUT2D eigenvalue weighted by Gasteiger charge is -2.09. The van der Waals surface area contributed by atoms with Gasteiger partial charge in [0.1, 0.15) is 11.5 Å². The van der Waals surface area contributed by atoms with E-state index < -0.39 is 21.9 Å². The fraction of sp³-hybridized carbons (Fsp3) is 0.0870. The van der Waals surface area contributed by atoms with Crippen LogP contribution in [0, 0.1) is 0 Å². The molecule has 0 aliphatic carbocycles. The highest BCUT2D eigenvalue weighted by Crippen LogP contribution is 2.30. The second-order valence-electron chi connectivity index (χ2n) is 7.43. The summed E-state index contributed by atoms with van der Waals surface area (Å²) in [6.45, 7) is 0. The van der Waals surface area contributed by atoms with Crippen LogP contribution in [0.5, 0.6) is 0 Å². The third kappa shape index (κ3) is 5.19. The molecule has 4 aromatic rings. The second kappa shape index (κ2) is 9.16. The number of pyridine rings is 1. The number of fused-ring (bicyclic) bond motifs is 1. The maximum atomic E-state index is 12.8. The Morgan fingerprint density at radius 2 is 1.85 bits per heavy atom. The van der Waals surface area contributed by atoms with E-state index in [0.29, 0.717) is 32.9 Å². The van der Waals surface area contributed by atoms with Crippen LogP contribution in [-0.2, 0) is 14.8 Å². The van der Waals surface area contributed by atoms with Gasteiger partial charge in [0.05, 0.1) is 24.6 Å². The quantitative estimate of drug-likeness (QED) is 0.340. The Balaban J connectivity index is 1.58. The van der Waals surface area contributed by atoms with Gasteiger partial charge in [0.2, 0.25) is 10.0 Å². The number of rotatable bonds is 6. The number of nitrogens with zero attached hydrogens (tertiary/aromatic N) is 1. The number of esters is 1. The normalized spacial score (nSPS) is 11.3. The lowest BCUT2D eigenvalue weighted by atomic mass is 10.0. The lowest BCUT2D eigenvalue weighted by Crippen LogP contribution is -2.13. The van der Waals surface area contributed by atoms with E-state index in [2.05, 4.69) is 20.0 Å². The predicted molar refractivity (Wildman–Crippen MR) is 131 cm³/mol. The van der Waals surface area contributed by atoms with Gasteiger partial charge in [0.25, 0.3) is 5.91 Å². The van der Waals surface area contributed by atoms with Gasteiger partial charge >= 0.3 is 5.97 Å². The van der Waals surface area contributed by atoms with Gasteiger partial charge in [-0.05, 0) is 54.1 Å². The van der Waals surface area contributed by atoms with E-state index in [4.69, 9.17) is 16.3 Å². The molecule has 0 atom stereocenters. The second-order valence-corrected chi connectivity index (χ2v) is 9.59. The molecule has 2 aromatic carbocycles. The molecule has 0 saturated carbocycles. The third-order valence-corrected chi connectivity index (χ3v) is 5.81. The number of H-pyrrole nitrogens is 1. The van der Waals surface area contributed by atoms with Crippen LogP contribution in [0.3, 0.4) is 0 Å². The zero-order valence-electron chi connectivity index (χ0n) is 18.0. The zero-order chi connectivity index (χ0) is 24.5. The highest BCUT2D eigenvalue weighted by molar-refractivity contribution is 7.92. The Morgan fingerprint density at radius 3 is 2.59 bits per heavy atom. The first-order valence-corrected chi connectivity index (χ1v) is 12.2. The zero-order valence-corrected chi connectivity index (χ0v) is 19.6. The first-order valence-electron chi connectivity index (χ1n) is 9.89. The summed E-state index contributed by atoms with van der Waals surface area (Å²) in [7, 11) is -2.13. The largest absolute Gasteiger partial charge is 0.465 e. The summed E-state index contributed by atoms with van der Waals surface area (Å²) in [5.41, 5.74) is 2.81. The first-order chi connectivity index (χ1) is 16.1. The number of ether oxygens (including phenoxy) is 1. The molecule has 2 aromatic heterocycles. The average Bonchev–Trinajstić information content (AvgIpc) is 3.21. The number of anilines is 2. The number of hydrogen-bond acceptors (Lipinski definition) is 6. The van der Waals surface area contributed by atoms with Gasteiger partial charge in [0, 0.05) is 27.7 Å². The summed E-state index contributed by atoms with van der Waals surface area (Å²) in [5.74, 6) is -0.651. The Kier molecular flexibility index (Phi) is 6.27. The minimum atomic E-state index is -3.42. The molecule has 2 heterocycles. The van der Waals surface area contributed by atoms with Crippen molar-refractivity contribution >= 4 is 55.9 Å². The van der Waals surface area contributed by atoms with Crippen LogP contribution in [0.2, 0.25) is 5.02 Å². The topological polar surface area (TPSA) is 130 Å². The molecule has 0 bridgehead atoms. The summed E-state index contributed by atoms with van der Waals surface area (Å²) < 4.78 is 30.1. The van der Waals surface area contributed by atoms with Crippen molar-refractivity contribution in [1.29, 1.82) is 0 Å². The highest BCUT2D eigenvalue weighted by atomic mass is 35.5. The molecular weight excluding hydrogens is 480 g/mol. The van der Waals surface area contributed by atoms with E-state index in [-0.39, 0.29) is 11.5 Å². The SMILES string of the molecule is COC(=O)c1ccc(Cl)c(-c2ccnc(NC(=O)c3cc4ccc(NS(C)(=O)=O)cc4[nH]3)c2)c1. The highest BCUT2D eigenvalue weighted by Gasteiger charge is 2.14. The van der Waals surface area contributed by atoms with Gasteiger partial charge in [-0.3, -0.25) is 9.52 Å². The third-order valence-electron chi connectivity index (χ3n) is 4.87. The van der Waals surface area contributed by atoms with Crippen molar-refractivity contribution in [1.82, 2.24) is 9.97 Å². The molecule has 4 rings (SSSR count). The van der Waals surface area contributed by atoms with Crippen molar-refractivity contribution in [2.75, 3.05) is 23.4 Å². The van der Waals surface area contributed by atoms with Crippen LogP contribution >= 0.6 is 11.6 Å². The molecule has 0 spiro atoms. The van der Waals surface area contributed by atoms with E-state index in [0.717, 1.165) is 11.6 Å². The van der Waals surface area contributed by atoms with Crippen molar-refractivity contribution in [3.8, 4) is 11.1 Å². The summed E-state index contributed by atoms with van der Waals surface area (Å²) in [6, 6.07) is 14.7. The molecule has 3 N–H and O–H groups in total. The van der Waals surface area contributed by atoms with E-state index in [9.17, 15) is 18.0 Å². The van der Waals surface area contributed by atoms with Gasteiger partial charge in [-0.1, -0.05) is 17.7 Å². The molecule has 0 unspecified atom stereocenters. The van der Waals surface area contributed by atoms with Crippen LogP contribution in [0.1, 0.15) is 20.8 Å². The van der Waals surface area contributed by atoms with Crippen molar-refractivity contribution in [2.24, 2.45) is 0 Å². The molecule has 0 aliphatic rings. The van der Waals surface area contributed by atoms with E-state index in [1.807, 2.05) is 0 Å². The van der Waals surface area contributed by atoms with Crippen LogP contribution in [0.4, 0.5) is 11.5 Å². The summed E-state index contributed by atoms with van der Waals surface area (Å²) in [6.07, 6.45) is 2.57. The number of nitrogens with one attached hydrogen (secondary N) is 3. The van der Waals surface area contributed by atoms with E-state index in [1.165, 1.54) is 13.3 Å².